The Labute approximate surface area is 174 Å². The van der Waals surface area contributed by atoms with Crippen molar-refractivity contribution in [3.63, 3.8) is 0 Å². The summed E-state index contributed by atoms with van der Waals surface area (Å²) in [6, 6.07) is 11.7. The van der Waals surface area contributed by atoms with E-state index in [0.717, 1.165) is 18.7 Å². The van der Waals surface area contributed by atoms with E-state index in [0.29, 0.717) is 22.3 Å². The maximum atomic E-state index is 13.1. The van der Waals surface area contributed by atoms with E-state index in [1.807, 2.05) is 11.8 Å². The minimum atomic E-state index is -0.235. The third kappa shape index (κ3) is 5.16. The molecule has 0 saturated carbocycles. The largest absolute Gasteiger partial charge is 0.482 e. The fraction of sp³-hybridized carbons (Fsp3) is 0.381. The van der Waals surface area contributed by atoms with Crippen LogP contribution in [0, 0.1) is 5.82 Å². The Bertz CT molecular complexity index is 832. The van der Waals surface area contributed by atoms with E-state index in [2.05, 4.69) is 11.8 Å². The Morgan fingerprint density at radius 2 is 1.82 bits per heavy atom. The first-order chi connectivity index (χ1) is 13.3. The molecule has 150 valence electrons. The number of nitrogens with zero attached hydrogens (tertiary/aromatic N) is 2. The molecule has 0 bridgehead atoms. The van der Waals surface area contributed by atoms with Crippen LogP contribution in [-0.4, -0.2) is 47.5 Å². The highest BCUT2D eigenvalue weighted by Crippen LogP contribution is 2.27. The first kappa shape index (κ1) is 20.9. The van der Waals surface area contributed by atoms with Crippen molar-refractivity contribution >= 4 is 29.1 Å². The summed E-state index contributed by atoms with van der Waals surface area (Å²) < 4.78 is 18.7. The van der Waals surface area contributed by atoms with Gasteiger partial charge in [-0.05, 0) is 49.7 Å². The Hall–Kier alpha value is -1.82. The zero-order valence-electron chi connectivity index (χ0n) is 15.9. The van der Waals surface area contributed by atoms with Crippen LogP contribution in [0.2, 0.25) is 10.0 Å². The van der Waals surface area contributed by atoms with Crippen LogP contribution < -0.4 is 4.74 Å². The molecule has 2 aromatic carbocycles. The number of carbonyl (C=O) groups is 1. The molecule has 0 aromatic heterocycles. The predicted octanol–water partition coefficient (Wildman–Crippen LogP) is 4.63. The highest BCUT2D eigenvalue weighted by Gasteiger charge is 2.32. The van der Waals surface area contributed by atoms with Gasteiger partial charge in [0.2, 0.25) is 0 Å². The summed E-state index contributed by atoms with van der Waals surface area (Å²) in [4.78, 5) is 16.8. The Morgan fingerprint density at radius 3 is 2.50 bits per heavy atom. The lowest BCUT2D eigenvalue weighted by Crippen LogP contribution is -2.58. The number of benzene rings is 2. The lowest BCUT2D eigenvalue weighted by molar-refractivity contribution is -0.139. The maximum absolute atomic E-state index is 13.1. The smallest absolute Gasteiger partial charge is 0.260 e. The quantitative estimate of drug-likeness (QED) is 0.700. The second kappa shape index (κ2) is 9.12. The monoisotopic (exact) mass is 424 g/mol. The molecule has 1 fully saturated rings. The van der Waals surface area contributed by atoms with Gasteiger partial charge in [0.15, 0.2) is 6.61 Å². The van der Waals surface area contributed by atoms with E-state index in [-0.39, 0.29) is 30.4 Å². The predicted molar refractivity (Wildman–Crippen MR) is 109 cm³/mol. The first-order valence-corrected chi connectivity index (χ1v) is 9.95. The van der Waals surface area contributed by atoms with Crippen molar-refractivity contribution in [3.8, 4) is 5.75 Å². The summed E-state index contributed by atoms with van der Waals surface area (Å²) >= 11 is 12.0. The van der Waals surface area contributed by atoms with Crippen molar-refractivity contribution in [2.45, 2.75) is 32.5 Å². The van der Waals surface area contributed by atoms with Gasteiger partial charge in [-0.15, -0.1) is 0 Å². The minimum Gasteiger partial charge on any atom is -0.482 e. The van der Waals surface area contributed by atoms with Crippen molar-refractivity contribution in [1.29, 1.82) is 0 Å². The number of rotatable bonds is 5. The molecule has 0 aliphatic carbocycles. The summed E-state index contributed by atoms with van der Waals surface area (Å²) in [6.07, 6.45) is 0. The zero-order chi connectivity index (χ0) is 20.3. The number of hydrogen-bond acceptors (Lipinski definition) is 3. The van der Waals surface area contributed by atoms with Crippen LogP contribution in [0.5, 0.6) is 5.75 Å². The normalized spacial score (nSPS) is 20.2. The summed E-state index contributed by atoms with van der Waals surface area (Å²) in [6.45, 7) is 6.12. The molecule has 0 unspecified atom stereocenters. The highest BCUT2D eigenvalue weighted by molar-refractivity contribution is 6.35. The summed E-state index contributed by atoms with van der Waals surface area (Å²) in [7, 11) is 0. The maximum Gasteiger partial charge on any atom is 0.260 e. The highest BCUT2D eigenvalue weighted by atomic mass is 35.5. The van der Waals surface area contributed by atoms with Crippen molar-refractivity contribution in [2.24, 2.45) is 0 Å². The van der Waals surface area contributed by atoms with Gasteiger partial charge in [0.25, 0.3) is 5.91 Å². The molecular weight excluding hydrogens is 402 g/mol. The second-order valence-corrected chi connectivity index (χ2v) is 8.01. The van der Waals surface area contributed by atoms with Crippen LogP contribution in [0.3, 0.4) is 0 Å². The van der Waals surface area contributed by atoms with Crippen LogP contribution in [0.15, 0.2) is 42.5 Å². The summed E-state index contributed by atoms with van der Waals surface area (Å²) in [5.41, 5.74) is 1.06. The fourth-order valence-corrected chi connectivity index (χ4v) is 3.87. The number of piperazine rings is 1. The van der Waals surface area contributed by atoms with Crippen LogP contribution in [0.1, 0.15) is 19.4 Å². The van der Waals surface area contributed by atoms with E-state index in [9.17, 15) is 9.18 Å². The Morgan fingerprint density at radius 1 is 1.11 bits per heavy atom. The third-order valence-corrected chi connectivity index (χ3v) is 5.51. The molecule has 2 atom stereocenters. The molecule has 3 rings (SSSR count). The van der Waals surface area contributed by atoms with Crippen LogP contribution in [0.25, 0.3) is 0 Å². The van der Waals surface area contributed by atoms with Gasteiger partial charge in [-0.25, -0.2) is 4.39 Å². The molecule has 1 aliphatic heterocycles. The molecule has 1 amide bonds. The molecule has 7 heteroatoms. The fourth-order valence-electron chi connectivity index (χ4n) is 3.40. The molecule has 4 nitrogen and oxygen atoms in total. The summed E-state index contributed by atoms with van der Waals surface area (Å²) in [5, 5.41) is 0.897. The number of hydrogen-bond donors (Lipinski definition) is 0. The number of amides is 1. The van der Waals surface area contributed by atoms with E-state index in [1.165, 1.54) is 12.1 Å². The van der Waals surface area contributed by atoms with E-state index >= 15 is 0 Å². The Kier molecular flexibility index (Phi) is 6.81. The van der Waals surface area contributed by atoms with Crippen LogP contribution >= 0.6 is 23.2 Å². The van der Waals surface area contributed by atoms with Crippen molar-refractivity contribution in [1.82, 2.24) is 9.80 Å². The van der Waals surface area contributed by atoms with E-state index in [4.69, 9.17) is 27.9 Å². The number of ether oxygens (including phenoxy) is 1. The molecule has 28 heavy (non-hydrogen) atoms. The van der Waals surface area contributed by atoms with Gasteiger partial charge < -0.3 is 9.64 Å². The number of carbonyl (C=O) groups excluding carboxylic acids is 1. The Balaban J connectivity index is 1.57. The van der Waals surface area contributed by atoms with Crippen molar-refractivity contribution in [3.05, 3.63) is 63.9 Å². The van der Waals surface area contributed by atoms with Crippen LogP contribution in [0.4, 0.5) is 4.39 Å². The molecule has 1 aliphatic rings. The lowest BCUT2D eigenvalue weighted by atomic mass is 10.1. The molecule has 1 saturated heterocycles. The topological polar surface area (TPSA) is 32.8 Å². The van der Waals surface area contributed by atoms with Gasteiger partial charge in [-0.2, -0.15) is 0 Å². The minimum absolute atomic E-state index is 0.0495. The SMILES string of the molecule is C[C@@H]1CN(Cc2ccc(F)cc2)[C@@H](C)CN1C(=O)COc1ccc(Cl)cc1Cl. The summed E-state index contributed by atoms with van der Waals surface area (Å²) in [5.74, 6) is 0.128. The van der Waals surface area contributed by atoms with E-state index in [1.54, 1.807) is 30.3 Å². The molecule has 0 radical (unpaired) electrons. The van der Waals surface area contributed by atoms with Gasteiger partial charge in [0.05, 0.1) is 5.02 Å². The molecular formula is C21H23Cl2FN2O2. The lowest BCUT2D eigenvalue weighted by Gasteiger charge is -2.44. The van der Waals surface area contributed by atoms with Gasteiger partial charge in [-0.1, -0.05) is 35.3 Å². The second-order valence-electron chi connectivity index (χ2n) is 7.16. The standard InChI is InChI=1S/C21H23Cl2FN2O2/c1-14-11-26(21(27)13-28-20-8-5-17(22)9-19(20)23)15(2)10-25(14)12-16-3-6-18(24)7-4-16/h3-9,14-15H,10-13H2,1-2H3/t14-,15+/m0/s1. The third-order valence-electron chi connectivity index (χ3n) is 4.98. The zero-order valence-corrected chi connectivity index (χ0v) is 17.4. The van der Waals surface area contributed by atoms with Gasteiger partial charge in [0, 0.05) is 36.7 Å². The molecule has 0 N–H and O–H groups in total. The van der Waals surface area contributed by atoms with Gasteiger partial charge in [-0.3, -0.25) is 9.69 Å². The molecule has 1 heterocycles. The van der Waals surface area contributed by atoms with Crippen LogP contribution in [-0.2, 0) is 11.3 Å². The van der Waals surface area contributed by atoms with Gasteiger partial charge in [0.1, 0.15) is 11.6 Å². The van der Waals surface area contributed by atoms with E-state index < -0.39 is 0 Å². The number of halogens is 3. The molecule has 0 spiro atoms. The van der Waals surface area contributed by atoms with Crippen molar-refractivity contribution in [2.75, 3.05) is 19.7 Å². The van der Waals surface area contributed by atoms with Crippen molar-refractivity contribution < 1.29 is 13.9 Å². The average molecular weight is 425 g/mol. The average Bonchev–Trinajstić information content (AvgIpc) is 2.65. The van der Waals surface area contributed by atoms with Gasteiger partial charge >= 0.3 is 0 Å². The molecule has 2 aromatic rings. The first-order valence-electron chi connectivity index (χ1n) is 9.19.